The minimum absolute atomic E-state index is 0.197. The van der Waals surface area contributed by atoms with Crippen LogP contribution in [-0.2, 0) is 19.1 Å². The zero-order valence-corrected chi connectivity index (χ0v) is 14.6. The molecular formula is C20H20N2O5. The number of nitrogens with two attached hydrogens (primary N) is 1. The van der Waals surface area contributed by atoms with Crippen LogP contribution in [0.15, 0.2) is 54.6 Å². The number of rotatable bonds is 6. The maximum atomic E-state index is 12.5. The Kier molecular flexibility index (Phi) is 5.83. The van der Waals surface area contributed by atoms with E-state index in [-0.39, 0.29) is 11.5 Å². The topological polar surface area (TPSA) is 108 Å². The standard InChI is InChI=1S/C20H20N2O5/c21-18(23)17(13-6-2-1-3-7-13)27-20(25)14-8-4-9-15(12-14)22-19(24)16-10-5-11-26-16/h1-4,6-9,12,16-17H,5,10-11H2,(H2,21,23)(H,22,24). The molecule has 7 heteroatoms. The second-order valence-electron chi connectivity index (χ2n) is 6.17. The SMILES string of the molecule is NC(=O)C(OC(=O)c1cccc(NC(=O)C2CCCO2)c1)c1ccccc1. The van der Waals surface area contributed by atoms with Gasteiger partial charge in [-0.3, -0.25) is 9.59 Å². The number of carbonyl (C=O) groups excluding carboxylic acids is 3. The average Bonchev–Trinajstić information content (AvgIpc) is 3.21. The molecule has 140 valence electrons. The summed E-state index contributed by atoms with van der Waals surface area (Å²) in [6.07, 6.45) is -0.148. The van der Waals surface area contributed by atoms with Gasteiger partial charge in [0.05, 0.1) is 5.56 Å². The molecule has 1 aliphatic rings. The first-order valence-electron chi connectivity index (χ1n) is 8.62. The van der Waals surface area contributed by atoms with E-state index in [9.17, 15) is 14.4 Å². The smallest absolute Gasteiger partial charge is 0.339 e. The second-order valence-corrected chi connectivity index (χ2v) is 6.17. The van der Waals surface area contributed by atoms with Gasteiger partial charge in [-0.05, 0) is 31.0 Å². The van der Waals surface area contributed by atoms with E-state index in [4.69, 9.17) is 15.2 Å². The normalized spacial score (nSPS) is 17.1. The minimum Gasteiger partial charge on any atom is -0.444 e. The number of benzene rings is 2. The highest BCUT2D eigenvalue weighted by Crippen LogP contribution is 2.21. The maximum absolute atomic E-state index is 12.5. The number of ether oxygens (including phenoxy) is 2. The largest absolute Gasteiger partial charge is 0.444 e. The van der Waals surface area contributed by atoms with Gasteiger partial charge >= 0.3 is 5.97 Å². The molecule has 1 saturated heterocycles. The lowest BCUT2D eigenvalue weighted by molar-refractivity contribution is -0.127. The van der Waals surface area contributed by atoms with Crippen molar-refractivity contribution in [3.63, 3.8) is 0 Å². The Morgan fingerprint density at radius 1 is 1.11 bits per heavy atom. The van der Waals surface area contributed by atoms with Crippen LogP contribution < -0.4 is 11.1 Å². The molecular weight excluding hydrogens is 348 g/mol. The van der Waals surface area contributed by atoms with E-state index < -0.39 is 24.1 Å². The Bertz CT molecular complexity index is 831. The average molecular weight is 368 g/mol. The Morgan fingerprint density at radius 2 is 1.89 bits per heavy atom. The number of hydrogen-bond acceptors (Lipinski definition) is 5. The van der Waals surface area contributed by atoms with E-state index in [0.717, 1.165) is 6.42 Å². The summed E-state index contributed by atoms with van der Waals surface area (Å²) in [6, 6.07) is 14.8. The van der Waals surface area contributed by atoms with E-state index in [0.29, 0.717) is 24.3 Å². The van der Waals surface area contributed by atoms with Crippen molar-refractivity contribution in [1.29, 1.82) is 0 Å². The molecule has 2 atom stereocenters. The fraction of sp³-hybridized carbons (Fsp3) is 0.250. The number of esters is 1. The van der Waals surface area contributed by atoms with Gasteiger partial charge in [-0.2, -0.15) is 0 Å². The third kappa shape index (κ3) is 4.71. The second kappa shape index (κ2) is 8.46. The lowest BCUT2D eigenvalue weighted by Gasteiger charge is -2.15. The number of nitrogens with one attached hydrogen (secondary N) is 1. The monoisotopic (exact) mass is 368 g/mol. The molecule has 3 rings (SSSR count). The van der Waals surface area contributed by atoms with Crippen LogP contribution >= 0.6 is 0 Å². The molecule has 0 saturated carbocycles. The third-order valence-corrected chi connectivity index (χ3v) is 4.17. The van der Waals surface area contributed by atoms with Gasteiger partial charge in [0.1, 0.15) is 6.10 Å². The molecule has 1 aliphatic heterocycles. The Balaban J connectivity index is 1.70. The number of hydrogen-bond donors (Lipinski definition) is 2. The maximum Gasteiger partial charge on any atom is 0.339 e. The number of carbonyl (C=O) groups is 3. The zero-order valence-electron chi connectivity index (χ0n) is 14.6. The molecule has 0 spiro atoms. The van der Waals surface area contributed by atoms with Crippen molar-refractivity contribution in [2.45, 2.75) is 25.0 Å². The minimum atomic E-state index is -1.19. The number of amides is 2. The first-order valence-corrected chi connectivity index (χ1v) is 8.62. The molecule has 2 aromatic carbocycles. The van der Waals surface area contributed by atoms with Crippen LogP contribution in [0.2, 0.25) is 0 Å². The predicted molar refractivity (Wildman–Crippen MR) is 97.8 cm³/mol. The van der Waals surface area contributed by atoms with Gasteiger partial charge in [0.25, 0.3) is 11.8 Å². The quantitative estimate of drug-likeness (QED) is 0.760. The summed E-state index contributed by atoms with van der Waals surface area (Å²) >= 11 is 0. The van der Waals surface area contributed by atoms with Gasteiger partial charge in [-0.25, -0.2) is 4.79 Å². The number of primary amides is 1. The summed E-state index contributed by atoms with van der Waals surface area (Å²) in [6.45, 7) is 0.568. The van der Waals surface area contributed by atoms with Gasteiger partial charge < -0.3 is 20.5 Å². The molecule has 2 unspecified atom stereocenters. The van der Waals surface area contributed by atoms with Crippen molar-refractivity contribution in [3.05, 3.63) is 65.7 Å². The van der Waals surface area contributed by atoms with E-state index in [2.05, 4.69) is 5.32 Å². The first kappa shape index (κ1) is 18.6. The predicted octanol–water partition coefficient (Wildman–Crippen LogP) is 2.19. The van der Waals surface area contributed by atoms with Crippen molar-refractivity contribution in [2.24, 2.45) is 5.73 Å². The van der Waals surface area contributed by atoms with Crippen molar-refractivity contribution in [3.8, 4) is 0 Å². The molecule has 2 aromatic rings. The summed E-state index contributed by atoms with van der Waals surface area (Å²) in [5.74, 6) is -1.73. The van der Waals surface area contributed by atoms with E-state index in [1.165, 1.54) is 12.1 Å². The van der Waals surface area contributed by atoms with Crippen LogP contribution in [0.5, 0.6) is 0 Å². The van der Waals surface area contributed by atoms with Crippen LogP contribution in [0.1, 0.15) is 34.9 Å². The number of anilines is 1. The Hall–Kier alpha value is -3.19. The highest BCUT2D eigenvalue weighted by Gasteiger charge is 2.25. The van der Waals surface area contributed by atoms with Crippen LogP contribution in [0.3, 0.4) is 0 Å². The summed E-state index contributed by atoms with van der Waals surface area (Å²) in [4.78, 5) is 36.3. The molecule has 0 aromatic heterocycles. The van der Waals surface area contributed by atoms with Gasteiger partial charge in [0, 0.05) is 17.9 Å². The lowest BCUT2D eigenvalue weighted by atomic mass is 10.1. The van der Waals surface area contributed by atoms with Crippen molar-refractivity contribution < 1.29 is 23.9 Å². The molecule has 1 fully saturated rings. The fourth-order valence-electron chi connectivity index (χ4n) is 2.82. The molecule has 1 heterocycles. The van der Waals surface area contributed by atoms with Gasteiger partial charge in [0.2, 0.25) is 6.10 Å². The Morgan fingerprint density at radius 3 is 2.56 bits per heavy atom. The molecule has 0 bridgehead atoms. The molecule has 0 radical (unpaired) electrons. The summed E-state index contributed by atoms with van der Waals surface area (Å²) in [5, 5.41) is 2.72. The van der Waals surface area contributed by atoms with Gasteiger partial charge in [-0.15, -0.1) is 0 Å². The van der Waals surface area contributed by atoms with Crippen molar-refractivity contribution in [2.75, 3.05) is 11.9 Å². The van der Waals surface area contributed by atoms with Gasteiger partial charge in [-0.1, -0.05) is 36.4 Å². The van der Waals surface area contributed by atoms with Crippen LogP contribution in [0.4, 0.5) is 5.69 Å². The van der Waals surface area contributed by atoms with Crippen molar-refractivity contribution >= 4 is 23.5 Å². The molecule has 7 nitrogen and oxygen atoms in total. The highest BCUT2D eigenvalue weighted by atomic mass is 16.5. The fourth-order valence-corrected chi connectivity index (χ4v) is 2.82. The molecule has 3 N–H and O–H groups in total. The molecule has 2 amide bonds. The highest BCUT2D eigenvalue weighted by molar-refractivity contribution is 5.97. The van der Waals surface area contributed by atoms with Crippen LogP contribution in [0.25, 0.3) is 0 Å². The van der Waals surface area contributed by atoms with E-state index in [1.54, 1.807) is 42.5 Å². The zero-order chi connectivity index (χ0) is 19.2. The third-order valence-electron chi connectivity index (χ3n) is 4.17. The summed E-state index contributed by atoms with van der Waals surface area (Å²) in [7, 11) is 0. The van der Waals surface area contributed by atoms with E-state index in [1.807, 2.05) is 0 Å². The summed E-state index contributed by atoms with van der Waals surface area (Å²) < 4.78 is 10.6. The molecule has 27 heavy (non-hydrogen) atoms. The van der Waals surface area contributed by atoms with Crippen LogP contribution in [-0.4, -0.2) is 30.5 Å². The summed E-state index contributed by atoms with van der Waals surface area (Å²) in [5.41, 5.74) is 6.50. The van der Waals surface area contributed by atoms with Crippen LogP contribution in [0, 0.1) is 0 Å². The van der Waals surface area contributed by atoms with E-state index >= 15 is 0 Å². The van der Waals surface area contributed by atoms with Gasteiger partial charge in [0.15, 0.2) is 0 Å². The Labute approximate surface area is 156 Å². The van der Waals surface area contributed by atoms with Crippen molar-refractivity contribution in [1.82, 2.24) is 0 Å². The lowest BCUT2D eigenvalue weighted by Crippen LogP contribution is -2.27. The first-order chi connectivity index (χ1) is 13.0. The molecule has 0 aliphatic carbocycles.